The van der Waals surface area contributed by atoms with Crippen LogP contribution in [-0.2, 0) is 13.1 Å². The van der Waals surface area contributed by atoms with Crippen LogP contribution in [0.2, 0.25) is 0 Å². The van der Waals surface area contributed by atoms with Gasteiger partial charge >= 0.3 is 0 Å². The van der Waals surface area contributed by atoms with Crippen molar-refractivity contribution in [2.45, 2.75) is 32.9 Å². The molecule has 138 valence electrons. The monoisotopic (exact) mass is 366 g/mol. The van der Waals surface area contributed by atoms with Crippen molar-refractivity contribution >= 4 is 12.4 Å². The van der Waals surface area contributed by atoms with Crippen molar-refractivity contribution in [2.75, 3.05) is 26.2 Å². The van der Waals surface area contributed by atoms with Crippen molar-refractivity contribution in [1.82, 2.24) is 20.0 Å². The molecular formula is C19H28ClFN4. The van der Waals surface area contributed by atoms with E-state index in [-0.39, 0.29) is 18.2 Å². The number of hydrogen-bond acceptors (Lipinski definition) is 3. The maximum absolute atomic E-state index is 13.0. The van der Waals surface area contributed by atoms with Crippen LogP contribution in [0, 0.1) is 11.7 Å². The van der Waals surface area contributed by atoms with E-state index in [2.05, 4.69) is 28.4 Å². The van der Waals surface area contributed by atoms with Gasteiger partial charge in [-0.25, -0.2) is 4.39 Å². The van der Waals surface area contributed by atoms with E-state index in [1.165, 1.54) is 43.6 Å². The first-order chi connectivity index (χ1) is 11.7. The average Bonchev–Trinajstić information content (AvgIpc) is 3.03. The molecule has 3 rings (SSSR count). The first-order valence-electron chi connectivity index (χ1n) is 8.92. The second-order valence-corrected chi connectivity index (χ2v) is 6.70. The van der Waals surface area contributed by atoms with E-state index in [0.717, 1.165) is 31.1 Å². The number of piperidine rings is 1. The molecule has 1 N–H and O–H groups in total. The lowest BCUT2D eigenvalue weighted by Gasteiger charge is -2.31. The lowest BCUT2D eigenvalue weighted by molar-refractivity contribution is 0.176. The van der Waals surface area contributed by atoms with Crippen molar-refractivity contribution in [1.29, 1.82) is 0 Å². The van der Waals surface area contributed by atoms with Crippen LogP contribution >= 0.6 is 12.4 Å². The highest BCUT2D eigenvalue weighted by atomic mass is 35.5. The molecule has 0 amide bonds. The highest BCUT2D eigenvalue weighted by Gasteiger charge is 2.19. The molecule has 6 heteroatoms. The molecule has 1 saturated heterocycles. The Hall–Kier alpha value is -1.43. The predicted octanol–water partition coefficient (Wildman–Crippen LogP) is 3.31. The third kappa shape index (κ3) is 6.10. The highest BCUT2D eigenvalue weighted by Crippen LogP contribution is 2.18. The standard InChI is InChI=1S/C19H27FN4.ClH/c1-2-21-11-16-7-9-23(10-8-16)13-18-12-22-24(15-18)14-17-3-5-19(20)6-4-17;/h3-6,12,15-16,21H,2,7-11,13-14H2,1H3;1H. The van der Waals surface area contributed by atoms with E-state index >= 15 is 0 Å². The lowest BCUT2D eigenvalue weighted by atomic mass is 9.96. The number of likely N-dealkylation sites (tertiary alicyclic amines) is 1. The smallest absolute Gasteiger partial charge is 0.123 e. The SMILES string of the molecule is CCNCC1CCN(Cc2cnn(Cc3ccc(F)cc3)c2)CC1.Cl. The first kappa shape index (κ1) is 19.9. The summed E-state index contributed by atoms with van der Waals surface area (Å²) >= 11 is 0. The van der Waals surface area contributed by atoms with E-state index in [1.54, 1.807) is 0 Å². The van der Waals surface area contributed by atoms with E-state index in [4.69, 9.17) is 0 Å². The second-order valence-electron chi connectivity index (χ2n) is 6.70. The third-order valence-corrected chi connectivity index (χ3v) is 4.74. The minimum atomic E-state index is -0.197. The minimum absolute atomic E-state index is 0. The molecule has 1 aliphatic heterocycles. The number of nitrogens with one attached hydrogen (secondary N) is 1. The van der Waals surface area contributed by atoms with Crippen LogP contribution in [0.4, 0.5) is 4.39 Å². The Kier molecular flexibility index (Phi) is 7.88. The Balaban J connectivity index is 0.00000225. The molecule has 1 aliphatic rings. The molecule has 25 heavy (non-hydrogen) atoms. The zero-order valence-electron chi connectivity index (χ0n) is 14.8. The van der Waals surface area contributed by atoms with Crippen molar-refractivity contribution in [2.24, 2.45) is 5.92 Å². The maximum atomic E-state index is 13.0. The summed E-state index contributed by atoms with van der Waals surface area (Å²) in [5.74, 6) is 0.625. The fourth-order valence-corrected chi connectivity index (χ4v) is 3.31. The number of halogens is 2. The molecule has 2 heterocycles. The maximum Gasteiger partial charge on any atom is 0.123 e. The van der Waals surface area contributed by atoms with Crippen LogP contribution < -0.4 is 5.32 Å². The van der Waals surface area contributed by atoms with Gasteiger partial charge in [-0.3, -0.25) is 9.58 Å². The number of aromatic nitrogens is 2. The van der Waals surface area contributed by atoms with Crippen molar-refractivity contribution in [3.05, 3.63) is 53.6 Å². The van der Waals surface area contributed by atoms with Crippen LogP contribution in [-0.4, -0.2) is 40.9 Å². The van der Waals surface area contributed by atoms with E-state index < -0.39 is 0 Å². The summed E-state index contributed by atoms with van der Waals surface area (Å²) in [7, 11) is 0. The van der Waals surface area contributed by atoms with Gasteiger partial charge in [-0.15, -0.1) is 12.4 Å². The van der Waals surface area contributed by atoms with Crippen LogP contribution in [0.5, 0.6) is 0 Å². The molecule has 0 spiro atoms. The molecule has 4 nitrogen and oxygen atoms in total. The number of hydrogen-bond donors (Lipinski definition) is 1. The van der Waals surface area contributed by atoms with Gasteiger partial charge in [0, 0.05) is 18.3 Å². The summed E-state index contributed by atoms with van der Waals surface area (Å²) in [6.07, 6.45) is 6.61. The van der Waals surface area contributed by atoms with E-state index in [1.807, 2.05) is 23.0 Å². The van der Waals surface area contributed by atoms with Crippen LogP contribution in [0.15, 0.2) is 36.7 Å². The lowest BCUT2D eigenvalue weighted by Crippen LogP contribution is -2.36. The summed E-state index contributed by atoms with van der Waals surface area (Å²) in [5.41, 5.74) is 2.32. The third-order valence-electron chi connectivity index (χ3n) is 4.74. The molecule has 0 aliphatic carbocycles. The molecule has 1 aromatic heterocycles. The number of nitrogens with zero attached hydrogens (tertiary/aromatic N) is 3. The van der Waals surface area contributed by atoms with Crippen LogP contribution in [0.25, 0.3) is 0 Å². The summed E-state index contributed by atoms with van der Waals surface area (Å²) < 4.78 is 14.9. The summed E-state index contributed by atoms with van der Waals surface area (Å²) in [5, 5.41) is 7.90. The minimum Gasteiger partial charge on any atom is -0.317 e. The Morgan fingerprint density at radius 3 is 2.52 bits per heavy atom. The summed E-state index contributed by atoms with van der Waals surface area (Å²) in [4.78, 5) is 2.52. The van der Waals surface area contributed by atoms with Gasteiger partial charge in [0.25, 0.3) is 0 Å². The quantitative estimate of drug-likeness (QED) is 0.816. The van der Waals surface area contributed by atoms with Gasteiger partial charge in [0.15, 0.2) is 0 Å². The van der Waals surface area contributed by atoms with Gasteiger partial charge < -0.3 is 5.32 Å². The fraction of sp³-hybridized carbons (Fsp3) is 0.526. The topological polar surface area (TPSA) is 33.1 Å². The van der Waals surface area contributed by atoms with Crippen molar-refractivity contribution in [3.63, 3.8) is 0 Å². The van der Waals surface area contributed by atoms with Crippen LogP contribution in [0.3, 0.4) is 0 Å². The summed E-state index contributed by atoms with van der Waals surface area (Å²) in [6.45, 7) is 8.37. The van der Waals surface area contributed by atoms with Gasteiger partial charge in [-0.2, -0.15) is 5.10 Å². The largest absolute Gasteiger partial charge is 0.317 e. The van der Waals surface area contributed by atoms with Gasteiger partial charge in [0.05, 0.1) is 12.7 Å². The zero-order valence-corrected chi connectivity index (χ0v) is 15.6. The molecule has 0 atom stereocenters. The zero-order chi connectivity index (χ0) is 16.8. The number of rotatable bonds is 7. The van der Waals surface area contributed by atoms with Crippen molar-refractivity contribution < 1.29 is 4.39 Å². The molecule has 0 bridgehead atoms. The Morgan fingerprint density at radius 2 is 1.84 bits per heavy atom. The number of benzene rings is 1. The van der Waals surface area contributed by atoms with Crippen LogP contribution in [0.1, 0.15) is 30.9 Å². The molecule has 1 aromatic carbocycles. The Morgan fingerprint density at radius 1 is 1.12 bits per heavy atom. The first-order valence-corrected chi connectivity index (χ1v) is 8.92. The van der Waals surface area contributed by atoms with Gasteiger partial charge in [0.2, 0.25) is 0 Å². The summed E-state index contributed by atoms with van der Waals surface area (Å²) in [6, 6.07) is 6.62. The van der Waals surface area contributed by atoms with Crippen molar-refractivity contribution in [3.8, 4) is 0 Å². The molecule has 0 radical (unpaired) electrons. The van der Waals surface area contributed by atoms with Gasteiger partial charge in [0.1, 0.15) is 5.82 Å². The molecule has 2 aromatic rings. The molecular weight excluding hydrogens is 339 g/mol. The molecule has 0 unspecified atom stereocenters. The normalized spacial score (nSPS) is 15.9. The Bertz CT molecular complexity index is 621. The van der Waals surface area contributed by atoms with E-state index in [9.17, 15) is 4.39 Å². The highest BCUT2D eigenvalue weighted by molar-refractivity contribution is 5.85. The predicted molar refractivity (Wildman–Crippen MR) is 102 cm³/mol. The Labute approximate surface area is 155 Å². The fourth-order valence-electron chi connectivity index (χ4n) is 3.31. The average molecular weight is 367 g/mol. The molecule has 1 fully saturated rings. The van der Waals surface area contributed by atoms with Gasteiger partial charge in [-0.05, 0) is 62.6 Å². The second kappa shape index (κ2) is 9.90. The molecule has 0 saturated carbocycles. The van der Waals surface area contributed by atoms with E-state index in [0.29, 0.717) is 6.54 Å². The van der Waals surface area contributed by atoms with Gasteiger partial charge in [-0.1, -0.05) is 19.1 Å².